The largest absolute Gasteiger partial charge is 0.337 e. The number of benzene rings is 2. The first-order valence-electron chi connectivity index (χ1n) is 8.71. The van der Waals surface area contributed by atoms with Crippen LogP contribution in [0.15, 0.2) is 64.4 Å². The zero-order chi connectivity index (χ0) is 19.8. The van der Waals surface area contributed by atoms with E-state index in [2.05, 4.69) is 4.98 Å². The number of imidazole rings is 1. The molecule has 0 atom stereocenters. The second-order valence-electron chi connectivity index (χ2n) is 6.29. The fraction of sp³-hybridized carbons (Fsp3) is 0.150. The lowest BCUT2D eigenvalue weighted by molar-refractivity contribution is 0.626. The van der Waals surface area contributed by atoms with Crippen molar-refractivity contribution in [1.82, 2.24) is 18.7 Å². The monoisotopic (exact) mass is 398 g/mol. The highest BCUT2D eigenvalue weighted by atomic mass is 35.5. The molecule has 0 aliphatic heterocycles. The molecule has 0 unspecified atom stereocenters. The molecule has 0 aliphatic carbocycles. The topological polar surface area (TPSA) is 61.8 Å². The van der Waals surface area contributed by atoms with Crippen molar-refractivity contribution in [3.05, 3.63) is 92.1 Å². The van der Waals surface area contributed by atoms with Gasteiger partial charge in [0, 0.05) is 13.1 Å². The fourth-order valence-electron chi connectivity index (χ4n) is 3.22. The van der Waals surface area contributed by atoms with Crippen LogP contribution in [0.5, 0.6) is 0 Å². The number of hydrogen-bond acceptors (Lipinski definition) is 3. The summed E-state index contributed by atoms with van der Waals surface area (Å²) in [6.45, 7) is 2.25. The maximum atomic E-state index is 13.2. The Morgan fingerprint density at radius 3 is 2.46 bits per heavy atom. The number of aromatic nitrogens is 4. The van der Waals surface area contributed by atoms with E-state index >= 15 is 0 Å². The van der Waals surface area contributed by atoms with Gasteiger partial charge in [-0.15, -0.1) is 0 Å². The summed E-state index contributed by atoms with van der Waals surface area (Å²) >= 11 is 6.30. The van der Waals surface area contributed by atoms with Crippen molar-refractivity contribution in [2.45, 2.75) is 20.0 Å². The van der Waals surface area contributed by atoms with Crippen LogP contribution in [0.4, 0.5) is 4.39 Å². The van der Waals surface area contributed by atoms with Gasteiger partial charge in [-0.25, -0.2) is 18.7 Å². The third kappa shape index (κ3) is 2.93. The Balaban J connectivity index is 2.00. The lowest BCUT2D eigenvalue weighted by Gasteiger charge is -2.12. The molecular formula is C20H16ClFN4O2. The lowest BCUT2D eigenvalue weighted by Crippen LogP contribution is -2.39. The molecule has 0 fully saturated rings. The summed E-state index contributed by atoms with van der Waals surface area (Å²) < 4.78 is 17.3. The molecule has 2 heterocycles. The fourth-order valence-corrected chi connectivity index (χ4v) is 3.44. The summed E-state index contributed by atoms with van der Waals surface area (Å²) in [7, 11) is 0. The van der Waals surface area contributed by atoms with E-state index in [9.17, 15) is 14.0 Å². The number of rotatable bonds is 4. The highest BCUT2D eigenvalue weighted by molar-refractivity contribution is 6.32. The summed E-state index contributed by atoms with van der Waals surface area (Å²) in [6.07, 6.45) is 1.50. The number of fused-ring (bicyclic) bond motifs is 1. The third-order valence-electron chi connectivity index (χ3n) is 4.58. The molecule has 0 bridgehead atoms. The predicted octanol–water partition coefficient (Wildman–Crippen LogP) is 3.21. The smallest absolute Gasteiger partial charge is 0.320 e. The lowest BCUT2D eigenvalue weighted by atomic mass is 10.2. The second kappa shape index (κ2) is 7.09. The van der Waals surface area contributed by atoms with E-state index in [1.54, 1.807) is 47.9 Å². The van der Waals surface area contributed by atoms with E-state index in [-0.39, 0.29) is 23.5 Å². The molecule has 4 aromatic rings. The summed E-state index contributed by atoms with van der Waals surface area (Å²) in [4.78, 5) is 30.3. The van der Waals surface area contributed by atoms with Gasteiger partial charge in [-0.3, -0.25) is 9.36 Å². The minimum absolute atomic E-state index is 0.208. The van der Waals surface area contributed by atoms with E-state index in [1.807, 2.05) is 0 Å². The second-order valence-corrected chi connectivity index (χ2v) is 6.70. The van der Waals surface area contributed by atoms with E-state index in [0.29, 0.717) is 17.3 Å². The van der Waals surface area contributed by atoms with Gasteiger partial charge in [0.1, 0.15) is 5.82 Å². The standard InChI is InChI=1S/C20H16ClFN4O2/c1-2-25-19(27)17-18(26(20(25)28)16-6-4-3-5-15(16)21)23-12-24(17)11-13-7-9-14(22)10-8-13/h3-10,12H,2,11H2,1H3. The van der Waals surface area contributed by atoms with E-state index < -0.39 is 11.2 Å². The Morgan fingerprint density at radius 2 is 1.79 bits per heavy atom. The minimum Gasteiger partial charge on any atom is -0.320 e. The van der Waals surface area contributed by atoms with Crippen LogP contribution in [0, 0.1) is 5.82 Å². The van der Waals surface area contributed by atoms with Crippen molar-refractivity contribution in [3.63, 3.8) is 0 Å². The maximum absolute atomic E-state index is 13.2. The normalized spacial score (nSPS) is 11.2. The van der Waals surface area contributed by atoms with Gasteiger partial charge in [-0.1, -0.05) is 35.9 Å². The molecule has 6 nitrogen and oxygen atoms in total. The van der Waals surface area contributed by atoms with Gasteiger partial charge < -0.3 is 4.57 Å². The molecule has 0 N–H and O–H groups in total. The van der Waals surface area contributed by atoms with Gasteiger partial charge in [0.05, 0.1) is 17.0 Å². The van der Waals surface area contributed by atoms with Crippen LogP contribution in [0.2, 0.25) is 5.02 Å². The molecule has 0 spiro atoms. The van der Waals surface area contributed by atoms with E-state index in [1.165, 1.54) is 23.0 Å². The Morgan fingerprint density at radius 1 is 1.07 bits per heavy atom. The van der Waals surface area contributed by atoms with Crippen LogP contribution in [0.1, 0.15) is 12.5 Å². The first kappa shape index (κ1) is 18.2. The SMILES string of the molecule is CCn1c(=O)c2c(ncn2Cc2ccc(F)cc2)n(-c2ccccc2Cl)c1=O. The van der Waals surface area contributed by atoms with Crippen molar-refractivity contribution in [2.75, 3.05) is 0 Å². The van der Waals surface area contributed by atoms with E-state index in [0.717, 1.165) is 10.1 Å². The van der Waals surface area contributed by atoms with E-state index in [4.69, 9.17) is 11.6 Å². The number of halogens is 2. The van der Waals surface area contributed by atoms with Crippen molar-refractivity contribution in [1.29, 1.82) is 0 Å². The molecule has 4 rings (SSSR count). The first-order valence-corrected chi connectivity index (χ1v) is 9.09. The quantitative estimate of drug-likeness (QED) is 0.530. The Kier molecular flexibility index (Phi) is 4.60. The maximum Gasteiger partial charge on any atom is 0.337 e. The predicted molar refractivity (Wildman–Crippen MR) is 106 cm³/mol. The van der Waals surface area contributed by atoms with Crippen LogP contribution in [0.3, 0.4) is 0 Å². The van der Waals surface area contributed by atoms with Crippen LogP contribution in [0.25, 0.3) is 16.9 Å². The number of para-hydroxylation sites is 1. The molecule has 2 aromatic heterocycles. The Bertz CT molecular complexity index is 1290. The average Bonchev–Trinajstić information content (AvgIpc) is 3.09. The molecule has 0 aliphatic rings. The van der Waals surface area contributed by atoms with Gasteiger partial charge in [0.25, 0.3) is 5.56 Å². The van der Waals surface area contributed by atoms with Crippen LogP contribution >= 0.6 is 11.6 Å². The Hall–Kier alpha value is -3.19. The molecule has 0 amide bonds. The highest BCUT2D eigenvalue weighted by Crippen LogP contribution is 2.21. The van der Waals surface area contributed by atoms with Crippen LogP contribution in [-0.2, 0) is 13.1 Å². The Labute approximate surface area is 164 Å². The highest BCUT2D eigenvalue weighted by Gasteiger charge is 2.19. The third-order valence-corrected chi connectivity index (χ3v) is 4.90. The number of hydrogen-bond donors (Lipinski definition) is 0. The number of nitrogens with zero attached hydrogens (tertiary/aromatic N) is 4. The van der Waals surface area contributed by atoms with Gasteiger partial charge in [-0.05, 0) is 36.8 Å². The van der Waals surface area contributed by atoms with Gasteiger partial charge >= 0.3 is 5.69 Å². The minimum atomic E-state index is -0.500. The van der Waals surface area contributed by atoms with Gasteiger partial charge in [0.15, 0.2) is 11.2 Å². The molecule has 28 heavy (non-hydrogen) atoms. The zero-order valence-electron chi connectivity index (χ0n) is 15.0. The molecule has 142 valence electrons. The first-order chi connectivity index (χ1) is 13.5. The zero-order valence-corrected chi connectivity index (χ0v) is 15.7. The molecule has 8 heteroatoms. The molecular weight excluding hydrogens is 383 g/mol. The van der Waals surface area contributed by atoms with Crippen LogP contribution in [-0.4, -0.2) is 18.7 Å². The van der Waals surface area contributed by atoms with Crippen LogP contribution < -0.4 is 11.2 Å². The molecule has 0 saturated heterocycles. The average molecular weight is 399 g/mol. The molecule has 0 radical (unpaired) electrons. The summed E-state index contributed by atoms with van der Waals surface area (Å²) in [5.41, 5.74) is 0.846. The van der Waals surface area contributed by atoms with Crippen molar-refractivity contribution >= 4 is 22.8 Å². The van der Waals surface area contributed by atoms with Gasteiger partial charge in [0.2, 0.25) is 0 Å². The summed E-state index contributed by atoms with van der Waals surface area (Å²) in [5.74, 6) is -0.333. The summed E-state index contributed by atoms with van der Waals surface area (Å²) in [6, 6.07) is 12.9. The molecule has 2 aromatic carbocycles. The van der Waals surface area contributed by atoms with Gasteiger partial charge in [-0.2, -0.15) is 0 Å². The molecule has 0 saturated carbocycles. The van der Waals surface area contributed by atoms with Crippen molar-refractivity contribution < 1.29 is 4.39 Å². The van der Waals surface area contributed by atoms with Crippen molar-refractivity contribution in [2.24, 2.45) is 0 Å². The summed E-state index contributed by atoms with van der Waals surface area (Å²) in [5, 5.41) is 0.375. The van der Waals surface area contributed by atoms with Crippen molar-refractivity contribution in [3.8, 4) is 5.69 Å².